The smallest absolute Gasteiger partial charge is 0.253 e. The molecule has 18 heavy (non-hydrogen) atoms. The maximum absolute atomic E-state index is 12.1. The molecule has 5 nitrogen and oxygen atoms in total. The molecule has 1 atom stereocenters. The van der Waals surface area contributed by atoms with Crippen LogP contribution in [-0.2, 0) is 0 Å². The van der Waals surface area contributed by atoms with E-state index in [1.54, 1.807) is 18.3 Å². The molecule has 94 valence electrons. The second-order valence-corrected chi connectivity index (χ2v) is 4.03. The molecular formula is C13H15N3O2. The van der Waals surface area contributed by atoms with E-state index in [9.17, 15) is 4.79 Å². The van der Waals surface area contributed by atoms with Gasteiger partial charge in [0, 0.05) is 11.6 Å². The highest BCUT2D eigenvalue weighted by Gasteiger charge is 2.14. The summed E-state index contributed by atoms with van der Waals surface area (Å²) in [4.78, 5) is 20.2. The van der Waals surface area contributed by atoms with Crippen LogP contribution in [0.2, 0.25) is 0 Å². The van der Waals surface area contributed by atoms with E-state index < -0.39 is 0 Å². The average molecular weight is 245 g/mol. The molecule has 1 unspecified atom stereocenters. The Morgan fingerprint density at radius 1 is 1.50 bits per heavy atom. The Bertz CT molecular complexity index is 547. The summed E-state index contributed by atoms with van der Waals surface area (Å²) in [6, 6.07) is 5.14. The number of rotatable bonds is 4. The van der Waals surface area contributed by atoms with Crippen molar-refractivity contribution in [1.29, 1.82) is 0 Å². The third-order valence-corrected chi connectivity index (χ3v) is 2.83. The van der Waals surface area contributed by atoms with Crippen LogP contribution in [0.5, 0.6) is 0 Å². The van der Waals surface area contributed by atoms with Crippen molar-refractivity contribution in [3.8, 4) is 0 Å². The van der Waals surface area contributed by atoms with Crippen molar-refractivity contribution in [3.05, 3.63) is 36.3 Å². The number of aromatic nitrogens is 2. The average Bonchev–Trinajstić information content (AvgIpc) is 2.43. The summed E-state index contributed by atoms with van der Waals surface area (Å²) in [6.45, 7) is 1.84. The highest BCUT2D eigenvalue weighted by Crippen LogP contribution is 2.15. The second kappa shape index (κ2) is 5.55. The summed E-state index contributed by atoms with van der Waals surface area (Å²) < 4.78 is 0. The highest BCUT2D eigenvalue weighted by molar-refractivity contribution is 6.05. The number of carbonyl (C=O) groups is 1. The van der Waals surface area contributed by atoms with Crippen LogP contribution in [0.15, 0.2) is 30.7 Å². The lowest BCUT2D eigenvalue weighted by Gasteiger charge is -2.14. The van der Waals surface area contributed by atoms with Crippen LogP contribution in [0.4, 0.5) is 0 Å². The molecule has 2 rings (SSSR count). The molecule has 2 aromatic rings. The van der Waals surface area contributed by atoms with Gasteiger partial charge in [-0.15, -0.1) is 0 Å². The molecule has 0 saturated heterocycles. The molecule has 0 aliphatic carbocycles. The van der Waals surface area contributed by atoms with Gasteiger partial charge in [0.2, 0.25) is 0 Å². The Hall–Kier alpha value is -2.01. The largest absolute Gasteiger partial charge is 0.394 e. The summed E-state index contributed by atoms with van der Waals surface area (Å²) in [5.74, 6) is -0.222. The van der Waals surface area contributed by atoms with Gasteiger partial charge in [-0.1, -0.05) is 19.1 Å². The van der Waals surface area contributed by atoms with E-state index in [0.717, 1.165) is 5.39 Å². The first-order valence-electron chi connectivity index (χ1n) is 5.86. The Kier molecular flexibility index (Phi) is 3.84. The van der Waals surface area contributed by atoms with E-state index >= 15 is 0 Å². The number of aliphatic hydroxyl groups is 1. The van der Waals surface area contributed by atoms with Crippen molar-refractivity contribution in [1.82, 2.24) is 15.3 Å². The minimum Gasteiger partial charge on any atom is -0.394 e. The molecule has 0 fully saturated rings. The summed E-state index contributed by atoms with van der Waals surface area (Å²) >= 11 is 0. The van der Waals surface area contributed by atoms with E-state index in [0.29, 0.717) is 17.5 Å². The zero-order chi connectivity index (χ0) is 13.0. The van der Waals surface area contributed by atoms with Gasteiger partial charge in [0.05, 0.1) is 23.7 Å². The van der Waals surface area contributed by atoms with Crippen LogP contribution < -0.4 is 5.32 Å². The Labute approximate surface area is 105 Å². The van der Waals surface area contributed by atoms with E-state index in [-0.39, 0.29) is 18.6 Å². The molecule has 0 aliphatic heterocycles. The third kappa shape index (κ3) is 2.46. The van der Waals surface area contributed by atoms with Gasteiger partial charge in [0.15, 0.2) is 0 Å². The minimum atomic E-state index is -0.227. The number of benzene rings is 1. The van der Waals surface area contributed by atoms with Gasteiger partial charge in [-0.25, -0.2) is 9.97 Å². The first kappa shape index (κ1) is 12.4. The van der Waals surface area contributed by atoms with Crippen LogP contribution in [-0.4, -0.2) is 33.6 Å². The molecular weight excluding hydrogens is 230 g/mol. The lowest BCUT2D eigenvalue weighted by atomic mass is 10.1. The molecule has 2 N–H and O–H groups in total. The maximum Gasteiger partial charge on any atom is 0.253 e. The van der Waals surface area contributed by atoms with Crippen LogP contribution in [0, 0.1) is 0 Å². The molecule has 0 spiro atoms. The van der Waals surface area contributed by atoms with E-state index in [1.165, 1.54) is 6.33 Å². The molecule has 1 amide bonds. The standard InChI is InChI=1S/C13H15N3O2/c1-2-10(7-17)16-13(18)11-5-3-4-9-6-14-8-15-12(9)11/h3-6,8,10,17H,2,7H2,1H3,(H,16,18). The van der Waals surface area contributed by atoms with E-state index in [4.69, 9.17) is 5.11 Å². The van der Waals surface area contributed by atoms with Crippen molar-refractivity contribution in [2.75, 3.05) is 6.61 Å². The summed E-state index contributed by atoms with van der Waals surface area (Å²) in [5, 5.41) is 12.7. The van der Waals surface area contributed by atoms with Gasteiger partial charge in [-0.3, -0.25) is 4.79 Å². The van der Waals surface area contributed by atoms with Gasteiger partial charge >= 0.3 is 0 Å². The third-order valence-electron chi connectivity index (χ3n) is 2.83. The normalized spacial score (nSPS) is 12.3. The van der Waals surface area contributed by atoms with Crippen molar-refractivity contribution in [3.63, 3.8) is 0 Å². The fraction of sp³-hybridized carbons (Fsp3) is 0.308. The predicted octanol–water partition coefficient (Wildman–Crippen LogP) is 1.13. The zero-order valence-electron chi connectivity index (χ0n) is 10.1. The van der Waals surface area contributed by atoms with Crippen molar-refractivity contribution in [2.45, 2.75) is 19.4 Å². The molecule has 5 heteroatoms. The quantitative estimate of drug-likeness (QED) is 0.846. The highest BCUT2D eigenvalue weighted by atomic mass is 16.3. The Morgan fingerprint density at radius 2 is 2.33 bits per heavy atom. The Balaban J connectivity index is 2.33. The number of nitrogens with one attached hydrogen (secondary N) is 1. The molecule has 1 heterocycles. The minimum absolute atomic E-state index is 0.0675. The summed E-state index contributed by atoms with van der Waals surface area (Å²) in [6.07, 6.45) is 3.77. The van der Waals surface area contributed by atoms with Gasteiger partial charge in [0.25, 0.3) is 5.91 Å². The number of para-hydroxylation sites is 1. The second-order valence-electron chi connectivity index (χ2n) is 4.03. The van der Waals surface area contributed by atoms with Crippen molar-refractivity contribution < 1.29 is 9.90 Å². The molecule has 0 aliphatic rings. The number of aliphatic hydroxyl groups excluding tert-OH is 1. The van der Waals surface area contributed by atoms with Gasteiger partial charge in [-0.2, -0.15) is 0 Å². The topological polar surface area (TPSA) is 75.1 Å². The Morgan fingerprint density at radius 3 is 3.06 bits per heavy atom. The van der Waals surface area contributed by atoms with Crippen LogP contribution in [0.1, 0.15) is 23.7 Å². The molecule has 1 aromatic heterocycles. The monoisotopic (exact) mass is 245 g/mol. The zero-order valence-corrected chi connectivity index (χ0v) is 10.1. The summed E-state index contributed by atoms with van der Waals surface area (Å²) in [7, 11) is 0. The van der Waals surface area contributed by atoms with E-state index in [2.05, 4.69) is 15.3 Å². The first-order chi connectivity index (χ1) is 8.76. The van der Waals surface area contributed by atoms with Gasteiger partial charge < -0.3 is 10.4 Å². The van der Waals surface area contributed by atoms with Crippen molar-refractivity contribution >= 4 is 16.8 Å². The summed E-state index contributed by atoms with van der Waals surface area (Å²) in [5.41, 5.74) is 1.12. The number of amides is 1. The number of nitrogens with zero attached hydrogens (tertiary/aromatic N) is 2. The predicted molar refractivity (Wildman–Crippen MR) is 68.2 cm³/mol. The number of hydrogen-bond acceptors (Lipinski definition) is 4. The van der Waals surface area contributed by atoms with Crippen LogP contribution in [0.3, 0.4) is 0 Å². The van der Waals surface area contributed by atoms with Gasteiger partial charge in [0.1, 0.15) is 6.33 Å². The van der Waals surface area contributed by atoms with Crippen molar-refractivity contribution in [2.24, 2.45) is 0 Å². The number of carbonyl (C=O) groups excluding carboxylic acids is 1. The van der Waals surface area contributed by atoms with Crippen LogP contribution >= 0.6 is 0 Å². The van der Waals surface area contributed by atoms with Gasteiger partial charge in [-0.05, 0) is 12.5 Å². The lowest BCUT2D eigenvalue weighted by Crippen LogP contribution is -2.37. The lowest BCUT2D eigenvalue weighted by molar-refractivity contribution is 0.0916. The van der Waals surface area contributed by atoms with E-state index in [1.807, 2.05) is 13.0 Å². The molecule has 0 bridgehead atoms. The molecule has 1 aromatic carbocycles. The fourth-order valence-corrected chi connectivity index (χ4v) is 1.74. The fourth-order valence-electron chi connectivity index (χ4n) is 1.74. The first-order valence-corrected chi connectivity index (χ1v) is 5.86. The molecule has 0 radical (unpaired) electrons. The molecule has 0 saturated carbocycles. The number of fused-ring (bicyclic) bond motifs is 1. The van der Waals surface area contributed by atoms with Crippen LogP contribution in [0.25, 0.3) is 10.9 Å². The SMILES string of the molecule is CCC(CO)NC(=O)c1cccc2cncnc12. The maximum atomic E-state index is 12.1. The number of hydrogen-bond donors (Lipinski definition) is 2.